The molecule has 0 radical (unpaired) electrons. The minimum atomic E-state index is 0.652. The van der Waals surface area contributed by atoms with Gasteiger partial charge in [-0.3, -0.25) is 4.99 Å². The van der Waals surface area contributed by atoms with Gasteiger partial charge >= 0.3 is 0 Å². The van der Waals surface area contributed by atoms with Crippen molar-refractivity contribution in [3.63, 3.8) is 0 Å². The fraction of sp³-hybridized carbons (Fsp3) is 0.222. The number of hydrogen-bond donors (Lipinski definition) is 0. The minimum absolute atomic E-state index is 0.652. The molecule has 2 heterocycles. The Morgan fingerprint density at radius 2 is 2.54 bits per heavy atom. The number of aliphatic imine (C=N–C) groups is 1. The fourth-order valence-electron chi connectivity index (χ4n) is 1.16. The van der Waals surface area contributed by atoms with E-state index in [-0.39, 0.29) is 0 Å². The molecule has 1 aliphatic rings. The van der Waals surface area contributed by atoms with Crippen LogP contribution in [0.4, 0.5) is 0 Å². The quantitative estimate of drug-likeness (QED) is 0.679. The summed E-state index contributed by atoms with van der Waals surface area (Å²) in [6.45, 7) is 1.42. The Kier molecular flexibility index (Phi) is 2.36. The predicted octanol–water partition coefficient (Wildman–Crippen LogP) is 2.20. The topological polar surface area (TPSA) is 28.7 Å². The van der Waals surface area contributed by atoms with Crippen LogP contribution in [0, 0.1) is 0 Å². The molecule has 0 aliphatic carbocycles. The van der Waals surface area contributed by atoms with E-state index in [9.17, 15) is 0 Å². The number of hydrogen-bond acceptors (Lipinski definition) is 3. The second-order valence-corrected chi connectivity index (χ2v) is 3.13. The van der Waals surface area contributed by atoms with Crippen LogP contribution in [0.3, 0.4) is 0 Å². The van der Waals surface area contributed by atoms with Crippen LogP contribution >= 0.6 is 11.6 Å². The Morgan fingerprint density at radius 1 is 1.62 bits per heavy atom. The molecule has 0 amide bonds. The fourth-order valence-corrected chi connectivity index (χ4v) is 1.34. The molecule has 0 fully saturated rings. The molecule has 0 unspecified atom stereocenters. The van der Waals surface area contributed by atoms with E-state index in [0.29, 0.717) is 11.7 Å². The van der Waals surface area contributed by atoms with Crippen molar-refractivity contribution in [1.82, 2.24) is 4.90 Å². The van der Waals surface area contributed by atoms with Crippen molar-refractivity contribution in [3.05, 3.63) is 35.5 Å². The lowest BCUT2D eigenvalue weighted by atomic mass is 10.4. The van der Waals surface area contributed by atoms with Gasteiger partial charge in [0.1, 0.15) is 10.9 Å². The Labute approximate surface area is 81.3 Å². The van der Waals surface area contributed by atoms with Gasteiger partial charge in [0.2, 0.25) is 0 Å². The van der Waals surface area contributed by atoms with Crippen LogP contribution in [0.25, 0.3) is 0 Å². The van der Waals surface area contributed by atoms with E-state index in [0.717, 1.165) is 12.3 Å². The summed E-state index contributed by atoms with van der Waals surface area (Å²) in [6, 6.07) is 3.79. The van der Waals surface area contributed by atoms with Gasteiger partial charge < -0.3 is 9.32 Å². The van der Waals surface area contributed by atoms with E-state index >= 15 is 0 Å². The molecule has 0 N–H and O–H groups in total. The van der Waals surface area contributed by atoms with E-state index in [1.807, 2.05) is 23.2 Å². The smallest absolute Gasteiger partial charge is 0.124 e. The first-order valence-corrected chi connectivity index (χ1v) is 4.39. The van der Waals surface area contributed by atoms with Gasteiger partial charge in [0, 0.05) is 6.21 Å². The monoisotopic (exact) mass is 196 g/mol. The molecular formula is C9H9ClN2O. The highest BCUT2D eigenvalue weighted by atomic mass is 35.5. The maximum Gasteiger partial charge on any atom is 0.124 e. The summed E-state index contributed by atoms with van der Waals surface area (Å²) in [5.41, 5.74) is 0. The summed E-state index contributed by atoms with van der Waals surface area (Å²) in [5.74, 6) is 0.904. The molecule has 1 aromatic heterocycles. The molecule has 0 spiro atoms. The molecule has 68 valence electrons. The third-order valence-corrected chi connectivity index (χ3v) is 2.15. The van der Waals surface area contributed by atoms with Gasteiger partial charge in [0.05, 0.1) is 25.6 Å². The van der Waals surface area contributed by atoms with Gasteiger partial charge in [0.25, 0.3) is 0 Å². The van der Waals surface area contributed by atoms with E-state index in [2.05, 4.69) is 4.99 Å². The average molecular weight is 197 g/mol. The van der Waals surface area contributed by atoms with Crippen LogP contribution in [0.2, 0.25) is 0 Å². The Hall–Kier alpha value is -1.22. The highest BCUT2D eigenvalue weighted by Crippen LogP contribution is 2.16. The molecule has 4 heteroatoms. The van der Waals surface area contributed by atoms with Gasteiger partial charge in [-0.25, -0.2) is 0 Å². The maximum atomic E-state index is 5.93. The first-order valence-electron chi connectivity index (χ1n) is 4.01. The zero-order valence-electron chi connectivity index (χ0n) is 6.98. The maximum absolute atomic E-state index is 5.93. The van der Waals surface area contributed by atoms with Gasteiger partial charge in [0.15, 0.2) is 0 Å². The molecule has 1 aliphatic heterocycles. The molecule has 13 heavy (non-hydrogen) atoms. The largest absolute Gasteiger partial charge is 0.467 e. The van der Waals surface area contributed by atoms with Crippen molar-refractivity contribution >= 4 is 17.8 Å². The minimum Gasteiger partial charge on any atom is -0.467 e. The van der Waals surface area contributed by atoms with E-state index in [1.165, 1.54) is 0 Å². The van der Waals surface area contributed by atoms with Crippen molar-refractivity contribution in [2.45, 2.75) is 6.54 Å². The van der Waals surface area contributed by atoms with Crippen LogP contribution in [-0.4, -0.2) is 17.7 Å². The highest BCUT2D eigenvalue weighted by Gasteiger charge is 2.10. The van der Waals surface area contributed by atoms with Crippen LogP contribution in [0.5, 0.6) is 0 Å². The molecule has 0 bridgehead atoms. The van der Waals surface area contributed by atoms with Crippen molar-refractivity contribution < 1.29 is 4.42 Å². The molecule has 0 atom stereocenters. The van der Waals surface area contributed by atoms with Crippen LogP contribution < -0.4 is 0 Å². The molecule has 0 saturated carbocycles. The number of rotatable bonds is 2. The number of nitrogens with zero attached hydrogens (tertiary/aromatic N) is 2. The first kappa shape index (κ1) is 8.38. The first-order chi connectivity index (χ1) is 6.36. The Bertz CT molecular complexity index is 329. The Morgan fingerprint density at radius 3 is 3.23 bits per heavy atom. The van der Waals surface area contributed by atoms with Gasteiger partial charge in [-0.2, -0.15) is 0 Å². The second kappa shape index (κ2) is 3.66. The zero-order chi connectivity index (χ0) is 9.10. The molecule has 3 nitrogen and oxygen atoms in total. The van der Waals surface area contributed by atoms with Crippen LogP contribution in [0.1, 0.15) is 5.76 Å². The lowest BCUT2D eigenvalue weighted by Gasteiger charge is -2.21. The van der Waals surface area contributed by atoms with E-state index in [1.54, 1.807) is 12.5 Å². The molecule has 0 aromatic carbocycles. The van der Waals surface area contributed by atoms with Gasteiger partial charge in [-0.1, -0.05) is 11.6 Å². The SMILES string of the molecule is ClC1=CN=CCN1Cc1ccco1. The second-order valence-electron chi connectivity index (χ2n) is 2.74. The third-order valence-electron chi connectivity index (χ3n) is 1.82. The molecular weight excluding hydrogens is 188 g/mol. The Balaban J connectivity index is 2.03. The molecule has 1 aromatic rings. The van der Waals surface area contributed by atoms with Crippen molar-refractivity contribution in [2.24, 2.45) is 4.99 Å². The van der Waals surface area contributed by atoms with Crippen molar-refractivity contribution in [2.75, 3.05) is 6.54 Å². The lowest BCUT2D eigenvalue weighted by molar-refractivity contribution is 0.353. The van der Waals surface area contributed by atoms with E-state index in [4.69, 9.17) is 16.0 Å². The van der Waals surface area contributed by atoms with E-state index < -0.39 is 0 Å². The predicted molar refractivity (Wildman–Crippen MR) is 51.5 cm³/mol. The standard InChI is InChI=1S/C9H9ClN2O/c10-9-6-11-3-4-12(9)7-8-2-1-5-13-8/h1-3,5-6H,4,7H2. The third kappa shape index (κ3) is 1.92. The van der Waals surface area contributed by atoms with Crippen molar-refractivity contribution in [3.8, 4) is 0 Å². The van der Waals surface area contributed by atoms with Gasteiger partial charge in [-0.05, 0) is 12.1 Å². The molecule has 2 rings (SSSR count). The normalized spacial score (nSPS) is 16.1. The van der Waals surface area contributed by atoms with Gasteiger partial charge in [-0.15, -0.1) is 0 Å². The average Bonchev–Trinajstić information content (AvgIpc) is 2.61. The highest BCUT2D eigenvalue weighted by molar-refractivity contribution is 6.29. The lowest BCUT2D eigenvalue weighted by Crippen LogP contribution is -2.23. The summed E-state index contributed by atoms with van der Waals surface area (Å²) < 4.78 is 5.21. The van der Waals surface area contributed by atoms with Crippen LogP contribution in [-0.2, 0) is 6.54 Å². The summed E-state index contributed by atoms with van der Waals surface area (Å²) in [7, 11) is 0. The van der Waals surface area contributed by atoms with Crippen molar-refractivity contribution in [1.29, 1.82) is 0 Å². The summed E-state index contributed by atoms with van der Waals surface area (Å²) in [6.07, 6.45) is 5.10. The number of halogens is 1. The summed E-state index contributed by atoms with van der Waals surface area (Å²) in [5, 5.41) is 0.652. The molecule has 0 saturated heterocycles. The summed E-state index contributed by atoms with van der Waals surface area (Å²) in [4.78, 5) is 5.93. The summed E-state index contributed by atoms with van der Waals surface area (Å²) >= 11 is 5.93. The van der Waals surface area contributed by atoms with Crippen LogP contribution in [0.15, 0.2) is 39.2 Å². The zero-order valence-corrected chi connectivity index (χ0v) is 7.74. The number of furan rings is 1.